The van der Waals surface area contributed by atoms with Crippen molar-refractivity contribution in [2.75, 3.05) is 22.6 Å². The van der Waals surface area contributed by atoms with Gasteiger partial charge >= 0.3 is 6.16 Å². The summed E-state index contributed by atoms with van der Waals surface area (Å²) in [5.41, 5.74) is 2.72. The Morgan fingerprint density at radius 3 is 2.60 bits per heavy atom. The van der Waals surface area contributed by atoms with Gasteiger partial charge in [-0.3, -0.25) is 9.59 Å². The molecule has 2 amide bonds. The van der Waals surface area contributed by atoms with E-state index < -0.39 is 12.4 Å². The minimum absolute atomic E-state index is 0.0996. The number of halogens is 2. The fourth-order valence-electron chi connectivity index (χ4n) is 3.09. The van der Waals surface area contributed by atoms with Crippen molar-refractivity contribution >= 4 is 64.3 Å². The smallest absolute Gasteiger partial charge is 0.450 e. The minimum atomic E-state index is -1.45. The standard InChI is InChI=1S/C20H17Cl2N3O5/c1-25(14-4-2-13(3-5-14)23-10-26)18(27)7-11-6-17(30-20(28)29)24-16-9-12(21)8-15(22)19(11)16/h2-5,7-10,17,24H,6H2,1H3,(H,23,26)(H,28,29)/b11-7+. The lowest BCUT2D eigenvalue weighted by Gasteiger charge is -2.29. The predicted molar refractivity (Wildman–Crippen MR) is 115 cm³/mol. The number of fused-ring (bicyclic) bond motifs is 1. The lowest BCUT2D eigenvalue weighted by Crippen LogP contribution is -2.31. The molecule has 30 heavy (non-hydrogen) atoms. The number of hydrogen-bond acceptors (Lipinski definition) is 5. The molecular weight excluding hydrogens is 433 g/mol. The van der Waals surface area contributed by atoms with Crippen molar-refractivity contribution in [3.05, 3.63) is 58.1 Å². The number of amides is 2. The van der Waals surface area contributed by atoms with Gasteiger partial charge in [0.25, 0.3) is 5.91 Å². The summed E-state index contributed by atoms with van der Waals surface area (Å²) < 4.78 is 4.84. The Morgan fingerprint density at radius 1 is 1.27 bits per heavy atom. The first-order valence-corrected chi connectivity index (χ1v) is 9.48. The third-order valence-electron chi connectivity index (χ3n) is 4.45. The molecule has 0 saturated heterocycles. The second kappa shape index (κ2) is 9.06. The number of carbonyl (C=O) groups excluding carboxylic acids is 2. The van der Waals surface area contributed by atoms with Crippen LogP contribution in [0.1, 0.15) is 12.0 Å². The molecule has 1 atom stereocenters. The summed E-state index contributed by atoms with van der Waals surface area (Å²) in [5.74, 6) is -0.353. The molecule has 0 fully saturated rings. The number of nitrogens with one attached hydrogen (secondary N) is 2. The van der Waals surface area contributed by atoms with Crippen molar-refractivity contribution in [1.82, 2.24) is 0 Å². The Hall–Kier alpha value is -3.23. The van der Waals surface area contributed by atoms with E-state index in [2.05, 4.69) is 10.6 Å². The van der Waals surface area contributed by atoms with Gasteiger partial charge in [-0.05, 0) is 42.0 Å². The molecule has 156 valence electrons. The highest BCUT2D eigenvalue weighted by atomic mass is 35.5. The van der Waals surface area contributed by atoms with Crippen LogP contribution in [0.2, 0.25) is 10.0 Å². The highest BCUT2D eigenvalue weighted by Gasteiger charge is 2.28. The molecular formula is C20H17Cl2N3O5. The van der Waals surface area contributed by atoms with E-state index in [-0.39, 0.29) is 12.3 Å². The Morgan fingerprint density at radius 2 is 1.97 bits per heavy atom. The van der Waals surface area contributed by atoms with Crippen LogP contribution in [0.25, 0.3) is 5.57 Å². The van der Waals surface area contributed by atoms with Crippen LogP contribution in [0.5, 0.6) is 0 Å². The van der Waals surface area contributed by atoms with Gasteiger partial charge in [0.15, 0.2) is 6.23 Å². The zero-order valence-electron chi connectivity index (χ0n) is 15.7. The van der Waals surface area contributed by atoms with Crippen LogP contribution in [0, 0.1) is 0 Å². The molecule has 0 saturated carbocycles. The maximum atomic E-state index is 12.9. The first-order chi connectivity index (χ1) is 14.3. The molecule has 1 unspecified atom stereocenters. The molecule has 0 aliphatic carbocycles. The SMILES string of the molecule is CN(C(=O)/C=C1\CC(OC(=O)O)Nc2cc(Cl)cc(Cl)c21)c1ccc(NC=O)cc1. The number of likely N-dealkylation sites (N-methyl/N-ethyl adjacent to an activating group) is 1. The maximum Gasteiger partial charge on any atom is 0.507 e. The maximum absolute atomic E-state index is 12.9. The average molecular weight is 450 g/mol. The third-order valence-corrected chi connectivity index (χ3v) is 4.97. The summed E-state index contributed by atoms with van der Waals surface area (Å²) in [4.78, 5) is 35.8. The van der Waals surface area contributed by atoms with E-state index in [1.807, 2.05) is 0 Å². The van der Waals surface area contributed by atoms with Gasteiger partial charge in [-0.15, -0.1) is 0 Å². The van der Waals surface area contributed by atoms with Gasteiger partial charge in [-0.1, -0.05) is 23.2 Å². The van der Waals surface area contributed by atoms with Gasteiger partial charge in [-0.25, -0.2) is 4.79 Å². The number of carbonyl (C=O) groups is 3. The Bertz CT molecular complexity index is 1020. The van der Waals surface area contributed by atoms with Gasteiger partial charge < -0.3 is 25.4 Å². The van der Waals surface area contributed by atoms with Crippen LogP contribution in [-0.4, -0.2) is 36.9 Å². The first-order valence-electron chi connectivity index (χ1n) is 8.72. The molecule has 2 aromatic rings. The molecule has 1 aliphatic rings. The van der Waals surface area contributed by atoms with Gasteiger partial charge in [-0.2, -0.15) is 0 Å². The summed E-state index contributed by atoms with van der Waals surface area (Å²) in [7, 11) is 1.60. The van der Waals surface area contributed by atoms with E-state index in [9.17, 15) is 14.4 Å². The lowest BCUT2D eigenvalue weighted by molar-refractivity contribution is -0.113. The van der Waals surface area contributed by atoms with Gasteiger partial charge in [0.1, 0.15) is 0 Å². The zero-order chi connectivity index (χ0) is 21.8. The summed E-state index contributed by atoms with van der Waals surface area (Å²) in [6, 6.07) is 9.82. The number of benzene rings is 2. The summed E-state index contributed by atoms with van der Waals surface area (Å²) in [6.07, 6.45) is -0.301. The molecule has 0 bridgehead atoms. The van der Waals surface area contributed by atoms with Crippen molar-refractivity contribution in [2.24, 2.45) is 0 Å². The van der Waals surface area contributed by atoms with Gasteiger partial charge in [0.2, 0.25) is 6.41 Å². The molecule has 8 nitrogen and oxygen atoms in total. The van der Waals surface area contributed by atoms with Crippen molar-refractivity contribution in [2.45, 2.75) is 12.6 Å². The van der Waals surface area contributed by atoms with Gasteiger partial charge in [0, 0.05) is 47.2 Å². The molecule has 10 heteroatoms. The summed E-state index contributed by atoms with van der Waals surface area (Å²) >= 11 is 12.4. The molecule has 1 heterocycles. The largest absolute Gasteiger partial charge is 0.507 e. The van der Waals surface area contributed by atoms with E-state index in [0.717, 1.165) is 0 Å². The second-order valence-corrected chi connectivity index (χ2v) is 7.25. The van der Waals surface area contributed by atoms with Crippen LogP contribution in [0.15, 0.2) is 42.5 Å². The number of ether oxygens (including phenoxy) is 1. The molecule has 3 rings (SSSR count). The highest BCUT2D eigenvalue weighted by molar-refractivity contribution is 6.36. The molecule has 1 aliphatic heterocycles. The Balaban J connectivity index is 1.92. The normalized spacial score (nSPS) is 16.2. The summed E-state index contributed by atoms with van der Waals surface area (Å²) in [6.45, 7) is 0. The van der Waals surface area contributed by atoms with Crippen LogP contribution in [0.3, 0.4) is 0 Å². The van der Waals surface area contributed by atoms with E-state index in [1.54, 1.807) is 43.4 Å². The van der Waals surface area contributed by atoms with Crippen LogP contribution in [0.4, 0.5) is 21.9 Å². The van der Waals surface area contributed by atoms with Crippen molar-refractivity contribution in [3.63, 3.8) is 0 Å². The molecule has 0 aromatic heterocycles. The fourth-order valence-corrected chi connectivity index (χ4v) is 3.70. The van der Waals surface area contributed by atoms with E-state index in [1.165, 1.54) is 11.0 Å². The van der Waals surface area contributed by atoms with Crippen LogP contribution in [-0.2, 0) is 14.3 Å². The predicted octanol–water partition coefficient (Wildman–Crippen LogP) is 4.44. The third kappa shape index (κ3) is 4.84. The topological polar surface area (TPSA) is 108 Å². The molecule has 2 aromatic carbocycles. The van der Waals surface area contributed by atoms with E-state index in [4.69, 9.17) is 33.0 Å². The highest BCUT2D eigenvalue weighted by Crippen LogP contribution is 2.40. The monoisotopic (exact) mass is 449 g/mol. The van der Waals surface area contributed by atoms with Crippen molar-refractivity contribution in [3.8, 4) is 0 Å². The molecule has 3 N–H and O–H groups in total. The zero-order valence-corrected chi connectivity index (χ0v) is 17.2. The van der Waals surface area contributed by atoms with E-state index >= 15 is 0 Å². The Kier molecular flexibility index (Phi) is 6.49. The minimum Gasteiger partial charge on any atom is -0.450 e. The average Bonchev–Trinajstić information content (AvgIpc) is 2.67. The first kappa shape index (κ1) is 21.5. The number of nitrogens with zero attached hydrogens (tertiary/aromatic N) is 1. The Labute approximate surface area is 182 Å². The second-order valence-electron chi connectivity index (χ2n) is 6.41. The van der Waals surface area contributed by atoms with E-state index in [0.29, 0.717) is 44.7 Å². The number of carboxylic acid groups (broad SMARTS) is 1. The van der Waals surface area contributed by atoms with Gasteiger partial charge in [0.05, 0.1) is 5.02 Å². The molecule has 0 spiro atoms. The van der Waals surface area contributed by atoms with Crippen LogP contribution >= 0.6 is 23.2 Å². The molecule has 0 radical (unpaired) electrons. The fraction of sp³-hybridized carbons (Fsp3) is 0.150. The lowest BCUT2D eigenvalue weighted by atomic mass is 9.95. The van der Waals surface area contributed by atoms with Crippen molar-refractivity contribution in [1.29, 1.82) is 0 Å². The number of anilines is 3. The quantitative estimate of drug-likeness (QED) is 0.353. The van der Waals surface area contributed by atoms with Crippen molar-refractivity contribution < 1.29 is 24.2 Å². The van der Waals surface area contributed by atoms with Crippen LogP contribution < -0.4 is 15.5 Å². The summed E-state index contributed by atoms with van der Waals surface area (Å²) in [5, 5.41) is 15.1. The number of hydrogen-bond donors (Lipinski definition) is 3. The number of rotatable bonds is 5.